The van der Waals surface area contributed by atoms with Crippen LogP contribution in [0.5, 0.6) is 0 Å². The lowest BCUT2D eigenvalue weighted by Crippen LogP contribution is -1.97. The molecular formula is C12H9FN2O. The Morgan fingerprint density at radius 1 is 1.25 bits per heavy atom. The molecule has 0 unspecified atom stereocenters. The van der Waals surface area contributed by atoms with Crippen molar-refractivity contribution in [1.82, 2.24) is 9.97 Å². The quantitative estimate of drug-likeness (QED) is 0.724. The predicted octanol–water partition coefficient (Wildman–Crippen LogP) is 2.40. The van der Waals surface area contributed by atoms with Crippen LogP contribution in [0.4, 0.5) is 4.39 Å². The number of hydrogen-bond donors (Lipinski definition) is 0. The molecule has 2 rings (SSSR count). The Bertz CT molecular complexity index is 523. The molecule has 1 heterocycles. The van der Waals surface area contributed by atoms with Gasteiger partial charge in [0.05, 0.1) is 5.69 Å². The maximum atomic E-state index is 12.8. The maximum Gasteiger partial charge on any atom is 0.193 e. The van der Waals surface area contributed by atoms with Gasteiger partial charge in [0.15, 0.2) is 12.1 Å². The van der Waals surface area contributed by atoms with E-state index in [1.807, 2.05) is 6.92 Å². The summed E-state index contributed by atoms with van der Waals surface area (Å²) in [5.41, 5.74) is 2.26. The smallest absolute Gasteiger partial charge is 0.193 e. The predicted molar refractivity (Wildman–Crippen MR) is 57.6 cm³/mol. The normalized spacial score (nSPS) is 10.1. The molecule has 0 aliphatic carbocycles. The summed E-state index contributed by atoms with van der Waals surface area (Å²) >= 11 is 0. The number of rotatable bonds is 2. The van der Waals surface area contributed by atoms with Crippen LogP contribution in [-0.4, -0.2) is 16.3 Å². The van der Waals surface area contributed by atoms with E-state index in [2.05, 4.69) is 9.97 Å². The summed E-state index contributed by atoms with van der Waals surface area (Å²) in [5, 5.41) is 0. The van der Waals surface area contributed by atoms with E-state index in [-0.39, 0.29) is 11.6 Å². The molecule has 0 saturated heterocycles. The van der Waals surface area contributed by atoms with Gasteiger partial charge >= 0.3 is 0 Å². The Balaban J connectivity index is 2.54. The van der Waals surface area contributed by atoms with Crippen molar-refractivity contribution in [3.8, 4) is 11.3 Å². The Morgan fingerprint density at radius 2 is 1.94 bits per heavy atom. The lowest BCUT2D eigenvalue weighted by atomic mass is 10.1. The third kappa shape index (κ3) is 1.95. The molecule has 80 valence electrons. The summed E-state index contributed by atoms with van der Waals surface area (Å²) in [5.74, 6) is -0.170. The molecule has 1 aromatic heterocycles. The number of hydrogen-bond acceptors (Lipinski definition) is 3. The number of carbonyl (C=O) groups is 1. The van der Waals surface area contributed by atoms with Crippen molar-refractivity contribution in [2.75, 3.05) is 0 Å². The summed E-state index contributed by atoms with van der Waals surface area (Å²) in [6.07, 6.45) is 2.17. The van der Waals surface area contributed by atoms with Crippen LogP contribution < -0.4 is 0 Å². The van der Waals surface area contributed by atoms with Gasteiger partial charge in [-0.3, -0.25) is 4.79 Å². The van der Waals surface area contributed by atoms with Gasteiger partial charge in [-0.25, -0.2) is 14.4 Å². The highest BCUT2D eigenvalue weighted by atomic mass is 19.1. The molecule has 16 heavy (non-hydrogen) atoms. The summed E-state index contributed by atoms with van der Waals surface area (Å²) in [4.78, 5) is 18.5. The topological polar surface area (TPSA) is 42.9 Å². The van der Waals surface area contributed by atoms with E-state index in [1.54, 1.807) is 18.3 Å². The lowest BCUT2D eigenvalue weighted by molar-refractivity contribution is 0.111. The van der Waals surface area contributed by atoms with Gasteiger partial charge in [-0.05, 0) is 36.8 Å². The number of aromatic nitrogens is 2. The van der Waals surface area contributed by atoms with Gasteiger partial charge in [0.1, 0.15) is 5.82 Å². The van der Waals surface area contributed by atoms with Crippen molar-refractivity contribution in [2.45, 2.75) is 6.92 Å². The first-order valence-electron chi connectivity index (χ1n) is 4.75. The molecule has 0 N–H and O–H groups in total. The number of aldehydes is 1. The van der Waals surface area contributed by atoms with E-state index in [1.165, 1.54) is 12.1 Å². The first kappa shape index (κ1) is 10.4. The number of halogens is 1. The summed E-state index contributed by atoms with van der Waals surface area (Å²) in [7, 11) is 0. The first-order chi connectivity index (χ1) is 7.70. The summed E-state index contributed by atoms with van der Waals surface area (Å²) in [6, 6.07) is 5.97. The molecule has 0 amide bonds. The monoisotopic (exact) mass is 216 g/mol. The molecular weight excluding hydrogens is 207 g/mol. The van der Waals surface area contributed by atoms with Crippen molar-refractivity contribution >= 4 is 6.29 Å². The Labute approximate surface area is 92.0 Å². The second-order valence-electron chi connectivity index (χ2n) is 3.38. The lowest BCUT2D eigenvalue weighted by Gasteiger charge is -2.04. The second-order valence-corrected chi connectivity index (χ2v) is 3.38. The molecule has 0 radical (unpaired) electrons. The van der Waals surface area contributed by atoms with E-state index >= 15 is 0 Å². The standard InChI is InChI=1S/C12H9FN2O/c1-8-6-14-11(7-16)15-12(8)9-2-4-10(13)5-3-9/h2-7H,1H3. The number of benzene rings is 1. The highest BCUT2D eigenvalue weighted by molar-refractivity contribution is 5.72. The summed E-state index contributed by atoms with van der Waals surface area (Å²) in [6.45, 7) is 1.84. The molecule has 0 aliphatic heterocycles. The van der Waals surface area contributed by atoms with Crippen LogP contribution in [0, 0.1) is 12.7 Å². The largest absolute Gasteiger partial charge is 0.294 e. The van der Waals surface area contributed by atoms with E-state index in [4.69, 9.17) is 0 Å². The minimum Gasteiger partial charge on any atom is -0.294 e. The van der Waals surface area contributed by atoms with Crippen molar-refractivity contribution in [3.63, 3.8) is 0 Å². The fourth-order valence-corrected chi connectivity index (χ4v) is 1.41. The molecule has 0 fully saturated rings. The van der Waals surface area contributed by atoms with Crippen LogP contribution in [0.3, 0.4) is 0 Å². The highest BCUT2D eigenvalue weighted by Gasteiger charge is 2.05. The highest BCUT2D eigenvalue weighted by Crippen LogP contribution is 2.20. The molecule has 2 aromatic rings. The molecule has 3 nitrogen and oxygen atoms in total. The van der Waals surface area contributed by atoms with Crippen LogP contribution >= 0.6 is 0 Å². The third-order valence-electron chi connectivity index (χ3n) is 2.21. The fraction of sp³-hybridized carbons (Fsp3) is 0.0833. The summed E-state index contributed by atoms with van der Waals surface area (Å²) < 4.78 is 12.8. The van der Waals surface area contributed by atoms with Gasteiger partial charge in [0.25, 0.3) is 0 Å². The SMILES string of the molecule is Cc1cnc(C=O)nc1-c1ccc(F)cc1. The van der Waals surface area contributed by atoms with Crippen LogP contribution in [-0.2, 0) is 0 Å². The first-order valence-corrected chi connectivity index (χ1v) is 4.75. The average molecular weight is 216 g/mol. The van der Waals surface area contributed by atoms with Gasteiger partial charge in [0.2, 0.25) is 0 Å². The zero-order chi connectivity index (χ0) is 11.5. The van der Waals surface area contributed by atoms with Crippen molar-refractivity contribution < 1.29 is 9.18 Å². The Hall–Kier alpha value is -2.10. The minimum absolute atomic E-state index is 0.130. The molecule has 0 spiro atoms. The van der Waals surface area contributed by atoms with Crippen molar-refractivity contribution in [1.29, 1.82) is 0 Å². The molecule has 0 saturated carbocycles. The van der Waals surface area contributed by atoms with Gasteiger partial charge < -0.3 is 0 Å². The van der Waals surface area contributed by atoms with Gasteiger partial charge in [0, 0.05) is 11.8 Å². The Kier molecular flexibility index (Phi) is 2.72. The van der Waals surface area contributed by atoms with Crippen LogP contribution in [0.15, 0.2) is 30.5 Å². The van der Waals surface area contributed by atoms with Crippen LogP contribution in [0.1, 0.15) is 16.2 Å². The fourth-order valence-electron chi connectivity index (χ4n) is 1.41. The zero-order valence-electron chi connectivity index (χ0n) is 8.64. The van der Waals surface area contributed by atoms with E-state index in [9.17, 15) is 9.18 Å². The number of nitrogens with zero attached hydrogens (tertiary/aromatic N) is 2. The van der Waals surface area contributed by atoms with E-state index in [0.717, 1.165) is 11.1 Å². The Morgan fingerprint density at radius 3 is 2.56 bits per heavy atom. The second kappa shape index (κ2) is 4.18. The molecule has 0 bridgehead atoms. The average Bonchev–Trinajstić information content (AvgIpc) is 2.31. The van der Waals surface area contributed by atoms with E-state index < -0.39 is 0 Å². The van der Waals surface area contributed by atoms with Gasteiger partial charge in [-0.1, -0.05) is 0 Å². The van der Waals surface area contributed by atoms with Gasteiger partial charge in [-0.15, -0.1) is 0 Å². The molecule has 0 aliphatic rings. The minimum atomic E-state index is -0.300. The third-order valence-corrected chi connectivity index (χ3v) is 2.21. The van der Waals surface area contributed by atoms with Crippen LogP contribution in [0.25, 0.3) is 11.3 Å². The van der Waals surface area contributed by atoms with Crippen molar-refractivity contribution in [2.24, 2.45) is 0 Å². The zero-order valence-corrected chi connectivity index (χ0v) is 8.64. The number of carbonyl (C=O) groups excluding carboxylic acids is 1. The molecule has 4 heteroatoms. The molecule has 1 aromatic carbocycles. The van der Waals surface area contributed by atoms with Crippen molar-refractivity contribution in [3.05, 3.63) is 47.7 Å². The molecule has 0 atom stereocenters. The number of aryl methyl sites for hydroxylation is 1. The van der Waals surface area contributed by atoms with Gasteiger partial charge in [-0.2, -0.15) is 0 Å². The van der Waals surface area contributed by atoms with E-state index in [0.29, 0.717) is 12.0 Å². The maximum absolute atomic E-state index is 12.8. The van der Waals surface area contributed by atoms with Crippen LogP contribution in [0.2, 0.25) is 0 Å².